The van der Waals surface area contributed by atoms with Gasteiger partial charge >= 0.3 is 0 Å². The molecule has 198 valence electrons. The van der Waals surface area contributed by atoms with E-state index in [1.807, 2.05) is 54.6 Å². The van der Waals surface area contributed by atoms with Crippen molar-refractivity contribution >= 4 is 17.5 Å². The van der Waals surface area contributed by atoms with E-state index < -0.39 is 11.0 Å². The Hall–Kier alpha value is -4.20. The first kappa shape index (κ1) is 26.9. The van der Waals surface area contributed by atoms with Gasteiger partial charge in [0.15, 0.2) is 0 Å². The third-order valence-electron chi connectivity index (χ3n) is 6.99. The normalized spacial score (nSPS) is 14.0. The van der Waals surface area contributed by atoms with Gasteiger partial charge in [0.25, 0.3) is 5.69 Å². The number of carbonyl (C=O) groups is 2. The van der Waals surface area contributed by atoms with E-state index in [2.05, 4.69) is 5.32 Å². The van der Waals surface area contributed by atoms with Crippen LogP contribution in [0.1, 0.15) is 42.4 Å². The van der Waals surface area contributed by atoms with Gasteiger partial charge in [0.05, 0.1) is 18.5 Å². The second-order valence-electron chi connectivity index (χ2n) is 9.63. The molecule has 8 heteroatoms. The van der Waals surface area contributed by atoms with Crippen LogP contribution in [0, 0.1) is 10.1 Å². The fraction of sp³-hybridized carbons (Fsp3) is 0.333. The number of amides is 2. The number of hydrogen-bond acceptors (Lipinski definition) is 5. The number of hydrogen-bond donors (Lipinski definition) is 1. The summed E-state index contributed by atoms with van der Waals surface area (Å²) in [7, 11) is 1.57. The van der Waals surface area contributed by atoms with Gasteiger partial charge in [-0.1, -0.05) is 73.5 Å². The quantitative estimate of drug-likeness (QED) is 0.291. The van der Waals surface area contributed by atoms with Crippen LogP contribution >= 0.6 is 0 Å². The maximum absolute atomic E-state index is 13.9. The van der Waals surface area contributed by atoms with Crippen molar-refractivity contribution in [3.05, 3.63) is 106 Å². The predicted octanol–water partition coefficient (Wildman–Crippen LogP) is 4.84. The van der Waals surface area contributed by atoms with Crippen LogP contribution in [0.5, 0.6) is 5.75 Å². The van der Waals surface area contributed by atoms with Crippen molar-refractivity contribution in [3.63, 3.8) is 0 Å². The number of rotatable bonds is 11. The lowest BCUT2D eigenvalue weighted by molar-refractivity contribution is -0.385. The average molecular weight is 516 g/mol. The number of nitrogens with zero attached hydrogens (tertiary/aromatic N) is 2. The van der Waals surface area contributed by atoms with Crippen LogP contribution in [-0.4, -0.2) is 40.8 Å². The van der Waals surface area contributed by atoms with Gasteiger partial charge in [-0.15, -0.1) is 0 Å². The summed E-state index contributed by atoms with van der Waals surface area (Å²) in [6.45, 7) is 0.159. The highest BCUT2D eigenvalue weighted by Crippen LogP contribution is 2.24. The maximum atomic E-state index is 13.9. The molecule has 1 saturated carbocycles. The van der Waals surface area contributed by atoms with Crippen LogP contribution in [0.25, 0.3) is 0 Å². The number of nitrogens with one attached hydrogen (secondary N) is 1. The Kier molecular flexibility index (Phi) is 9.08. The van der Waals surface area contributed by atoms with Gasteiger partial charge in [-0.25, -0.2) is 0 Å². The second kappa shape index (κ2) is 12.9. The minimum atomic E-state index is -0.792. The summed E-state index contributed by atoms with van der Waals surface area (Å²) in [5.74, 6) is 0.0767. The fourth-order valence-electron chi connectivity index (χ4n) is 4.99. The smallest absolute Gasteiger partial charge is 0.273 e. The lowest BCUT2D eigenvalue weighted by Crippen LogP contribution is -2.52. The van der Waals surface area contributed by atoms with Crippen molar-refractivity contribution < 1.29 is 19.2 Å². The van der Waals surface area contributed by atoms with Crippen molar-refractivity contribution in [2.45, 2.75) is 57.2 Å². The molecular weight excluding hydrogens is 482 g/mol. The molecular formula is C30H33N3O5. The molecule has 0 saturated heterocycles. The number of ether oxygens (including phenoxy) is 1. The predicted molar refractivity (Wildman–Crippen MR) is 145 cm³/mol. The molecule has 0 bridgehead atoms. The maximum Gasteiger partial charge on any atom is 0.273 e. The Labute approximate surface area is 222 Å². The van der Waals surface area contributed by atoms with Gasteiger partial charge in [-0.2, -0.15) is 0 Å². The molecule has 38 heavy (non-hydrogen) atoms. The van der Waals surface area contributed by atoms with E-state index in [1.165, 1.54) is 6.07 Å². The molecule has 1 unspecified atom stereocenters. The largest absolute Gasteiger partial charge is 0.497 e. The molecule has 1 aliphatic carbocycles. The minimum Gasteiger partial charge on any atom is -0.497 e. The lowest BCUT2D eigenvalue weighted by atomic mass is 10.0. The van der Waals surface area contributed by atoms with Crippen molar-refractivity contribution in [3.8, 4) is 5.75 Å². The average Bonchev–Trinajstić information content (AvgIpc) is 3.44. The van der Waals surface area contributed by atoms with E-state index in [0.717, 1.165) is 36.8 Å². The van der Waals surface area contributed by atoms with E-state index in [9.17, 15) is 19.7 Å². The van der Waals surface area contributed by atoms with E-state index in [0.29, 0.717) is 17.7 Å². The second-order valence-corrected chi connectivity index (χ2v) is 9.63. The van der Waals surface area contributed by atoms with Crippen LogP contribution in [0.3, 0.4) is 0 Å². The SMILES string of the molecule is COc1cccc(CN(C(=O)Cc2ccccc2[N+](=O)[O-])C(Cc2ccccc2)C(=O)NC2CCCC2)c1. The Balaban J connectivity index is 1.70. The number of carbonyl (C=O) groups excluding carboxylic acids is 2. The van der Waals surface area contributed by atoms with Gasteiger partial charge in [-0.3, -0.25) is 19.7 Å². The summed E-state index contributed by atoms with van der Waals surface area (Å²) in [5, 5.41) is 14.8. The lowest BCUT2D eigenvalue weighted by Gasteiger charge is -2.32. The number of para-hydroxylation sites is 1. The Morgan fingerprint density at radius 2 is 1.68 bits per heavy atom. The summed E-state index contributed by atoms with van der Waals surface area (Å²) in [5.41, 5.74) is 1.92. The van der Waals surface area contributed by atoms with E-state index in [1.54, 1.807) is 30.2 Å². The summed E-state index contributed by atoms with van der Waals surface area (Å²) in [6.07, 6.45) is 4.11. The van der Waals surface area contributed by atoms with Crippen LogP contribution in [0.15, 0.2) is 78.9 Å². The first-order chi connectivity index (χ1) is 18.4. The molecule has 1 fully saturated rings. The Bertz CT molecular complexity index is 1260. The molecule has 1 aliphatic rings. The molecule has 3 aromatic rings. The summed E-state index contributed by atoms with van der Waals surface area (Å²) in [4.78, 5) is 40.4. The fourth-order valence-corrected chi connectivity index (χ4v) is 4.99. The third kappa shape index (κ3) is 6.97. The van der Waals surface area contributed by atoms with Crippen LogP contribution in [0.2, 0.25) is 0 Å². The summed E-state index contributed by atoms with van der Waals surface area (Å²) < 4.78 is 5.37. The molecule has 0 heterocycles. The number of nitro groups is 1. The standard InChI is InChI=1S/C30H33N3O5/c1-38-26-16-9-12-23(18-26)21-32(29(34)20-24-13-5-8-17-27(24)33(36)37)28(19-22-10-3-2-4-11-22)30(35)31-25-14-6-7-15-25/h2-5,8-13,16-18,25,28H,6-7,14-15,19-21H2,1H3,(H,31,35). The van der Waals surface area contributed by atoms with Gasteiger partial charge in [0, 0.05) is 30.6 Å². The monoisotopic (exact) mass is 515 g/mol. The highest BCUT2D eigenvalue weighted by molar-refractivity contribution is 5.89. The van der Waals surface area contributed by atoms with Gasteiger partial charge in [-0.05, 0) is 36.1 Å². The zero-order valence-electron chi connectivity index (χ0n) is 21.5. The zero-order chi connectivity index (χ0) is 26.9. The molecule has 4 rings (SSSR count). The Morgan fingerprint density at radius 3 is 2.39 bits per heavy atom. The molecule has 1 atom stereocenters. The van der Waals surface area contributed by atoms with E-state index >= 15 is 0 Å². The topological polar surface area (TPSA) is 102 Å². The number of methoxy groups -OCH3 is 1. The molecule has 0 spiro atoms. The molecule has 0 aliphatic heterocycles. The molecule has 0 aromatic heterocycles. The number of nitro benzene ring substituents is 1. The van der Waals surface area contributed by atoms with Crippen molar-refractivity contribution in [1.29, 1.82) is 0 Å². The van der Waals surface area contributed by atoms with Crippen molar-refractivity contribution in [2.75, 3.05) is 7.11 Å². The van der Waals surface area contributed by atoms with E-state index in [4.69, 9.17) is 4.74 Å². The van der Waals surface area contributed by atoms with Gasteiger partial charge < -0.3 is 15.0 Å². The van der Waals surface area contributed by atoms with Crippen molar-refractivity contribution in [2.24, 2.45) is 0 Å². The van der Waals surface area contributed by atoms with E-state index in [-0.39, 0.29) is 36.5 Å². The Morgan fingerprint density at radius 1 is 1.00 bits per heavy atom. The third-order valence-corrected chi connectivity index (χ3v) is 6.99. The van der Waals surface area contributed by atoms with Crippen molar-refractivity contribution in [1.82, 2.24) is 10.2 Å². The molecule has 3 aromatic carbocycles. The van der Waals surface area contributed by atoms with Crippen LogP contribution < -0.4 is 10.1 Å². The zero-order valence-corrected chi connectivity index (χ0v) is 21.5. The summed E-state index contributed by atoms with van der Waals surface area (Å²) in [6, 6.07) is 22.5. The molecule has 0 radical (unpaired) electrons. The molecule has 1 N–H and O–H groups in total. The molecule has 2 amide bonds. The highest BCUT2D eigenvalue weighted by atomic mass is 16.6. The van der Waals surface area contributed by atoms with Crippen LogP contribution in [0.4, 0.5) is 5.69 Å². The van der Waals surface area contributed by atoms with Gasteiger partial charge in [0.2, 0.25) is 11.8 Å². The minimum absolute atomic E-state index is 0.0877. The summed E-state index contributed by atoms with van der Waals surface area (Å²) >= 11 is 0. The van der Waals surface area contributed by atoms with Crippen LogP contribution in [-0.2, 0) is 29.0 Å². The van der Waals surface area contributed by atoms with Gasteiger partial charge in [0.1, 0.15) is 11.8 Å². The first-order valence-electron chi connectivity index (χ1n) is 12.9. The first-order valence-corrected chi connectivity index (χ1v) is 12.9. The molecule has 8 nitrogen and oxygen atoms in total. The number of benzene rings is 3. The highest BCUT2D eigenvalue weighted by Gasteiger charge is 2.33.